The van der Waals surface area contributed by atoms with Crippen LogP contribution in [0, 0.1) is 0 Å². The van der Waals surface area contributed by atoms with Gasteiger partial charge in [-0.3, -0.25) is 14.4 Å². The molecule has 0 heterocycles. The van der Waals surface area contributed by atoms with Gasteiger partial charge in [0.05, 0.1) is 0 Å². The van der Waals surface area contributed by atoms with Crippen LogP contribution in [0.15, 0.2) is 60.8 Å². The molecular formula is C63H112O6. The quantitative estimate of drug-likeness (QED) is 0.0262. The van der Waals surface area contributed by atoms with Gasteiger partial charge < -0.3 is 14.2 Å². The number of carbonyl (C=O) groups excluding carboxylic acids is 3. The molecule has 0 aromatic carbocycles. The first-order chi connectivity index (χ1) is 34.0. The molecule has 0 N–H and O–H groups in total. The zero-order chi connectivity index (χ0) is 50.0. The third-order valence-corrected chi connectivity index (χ3v) is 13.0. The summed E-state index contributed by atoms with van der Waals surface area (Å²) >= 11 is 0. The lowest BCUT2D eigenvalue weighted by atomic mass is 10.1. The van der Waals surface area contributed by atoms with Crippen molar-refractivity contribution < 1.29 is 28.6 Å². The van der Waals surface area contributed by atoms with E-state index >= 15 is 0 Å². The lowest BCUT2D eigenvalue weighted by Crippen LogP contribution is -2.30. The van der Waals surface area contributed by atoms with Crippen molar-refractivity contribution in [3.05, 3.63) is 60.8 Å². The van der Waals surface area contributed by atoms with Crippen molar-refractivity contribution in [1.82, 2.24) is 0 Å². The Bertz CT molecular complexity index is 1250. The van der Waals surface area contributed by atoms with Crippen molar-refractivity contribution in [2.24, 2.45) is 0 Å². The summed E-state index contributed by atoms with van der Waals surface area (Å²) in [5, 5.41) is 0. The van der Waals surface area contributed by atoms with E-state index in [9.17, 15) is 14.4 Å². The molecule has 6 heteroatoms. The third-order valence-electron chi connectivity index (χ3n) is 13.0. The van der Waals surface area contributed by atoms with E-state index in [1.165, 1.54) is 167 Å². The number of hydrogen-bond acceptors (Lipinski definition) is 6. The Labute approximate surface area is 428 Å². The smallest absolute Gasteiger partial charge is 0.306 e. The second-order valence-electron chi connectivity index (χ2n) is 19.9. The van der Waals surface area contributed by atoms with Crippen LogP contribution in [0.3, 0.4) is 0 Å². The molecule has 0 aromatic heterocycles. The summed E-state index contributed by atoms with van der Waals surface area (Å²) in [4.78, 5) is 38.2. The van der Waals surface area contributed by atoms with Crippen LogP contribution in [0.4, 0.5) is 0 Å². The van der Waals surface area contributed by atoms with Gasteiger partial charge in [-0.15, -0.1) is 0 Å². The van der Waals surface area contributed by atoms with Gasteiger partial charge in [0.2, 0.25) is 0 Å². The highest BCUT2D eigenvalue weighted by molar-refractivity contribution is 5.71. The van der Waals surface area contributed by atoms with Crippen LogP contribution in [0.5, 0.6) is 0 Å². The number of rotatable bonds is 54. The Morgan fingerprint density at radius 2 is 0.565 bits per heavy atom. The first-order valence-corrected chi connectivity index (χ1v) is 29.8. The maximum atomic E-state index is 12.9. The molecule has 0 aliphatic rings. The van der Waals surface area contributed by atoms with E-state index in [-0.39, 0.29) is 31.1 Å². The van der Waals surface area contributed by atoms with Gasteiger partial charge in [-0.05, 0) is 103 Å². The molecule has 1 unspecified atom stereocenters. The molecule has 0 rings (SSSR count). The maximum absolute atomic E-state index is 12.9. The number of hydrogen-bond donors (Lipinski definition) is 0. The number of ether oxygens (including phenoxy) is 3. The van der Waals surface area contributed by atoms with Crippen molar-refractivity contribution in [1.29, 1.82) is 0 Å². The van der Waals surface area contributed by atoms with E-state index in [2.05, 4.69) is 81.5 Å². The SMILES string of the molecule is CC/C=C\C/C=C\C/C=C\CCCCCCCCCCCC(=O)OCC(COC(=O)CCCCCCC/C=C\CCCCCCCCC)OC(=O)CCCCCCC/C=C\CCCCCCCCC. The third kappa shape index (κ3) is 55.9. The molecule has 0 aliphatic heterocycles. The highest BCUT2D eigenvalue weighted by atomic mass is 16.6. The molecule has 0 aromatic rings. The van der Waals surface area contributed by atoms with E-state index in [0.29, 0.717) is 19.3 Å². The van der Waals surface area contributed by atoms with Crippen molar-refractivity contribution in [2.75, 3.05) is 13.2 Å². The van der Waals surface area contributed by atoms with E-state index in [0.717, 1.165) is 96.3 Å². The second kappa shape index (κ2) is 57.7. The average Bonchev–Trinajstić information content (AvgIpc) is 3.35. The molecule has 6 nitrogen and oxygen atoms in total. The fourth-order valence-corrected chi connectivity index (χ4v) is 8.51. The predicted octanol–water partition coefficient (Wildman–Crippen LogP) is 20.0. The summed E-state index contributed by atoms with van der Waals surface area (Å²) in [6.07, 6.45) is 72.1. The highest BCUT2D eigenvalue weighted by Crippen LogP contribution is 2.16. The average molecular weight is 966 g/mol. The van der Waals surface area contributed by atoms with Gasteiger partial charge in [-0.25, -0.2) is 0 Å². The number of allylic oxidation sites excluding steroid dienone is 10. The minimum atomic E-state index is -0.784. The Kier molecular flexibility index (Phi) is 55.3. The first-order valence-electron chi connectivity index (χ1n) is 29.8. The van der Waals surface area contributed by atoms with E-state index in [4.69, 9.17) is 14.2 Å². The highest BCUT2D eigenvalue weighted by Gasteiger charge is 2.19. The Hall–Kier alpha value is -2.89. The Morgan fingerprint density at radius 1 is 0.304 bits per heavy atom. The zero-order valence-electron chi connectivity index (χ0n) is 45.8. The molecule has 0 radical (unpaired) electrons. The van der Waals surface area contributed by atoms with Crippen molar-refractivity contribution in [2.45, 2.75) is 309 Å². The van der Waals surface area contributed by atoms with Gasteiger partial charge >= 0.3 is 17.9 Å². The van der Waals surface area contributed by atoms with Crippen LogP contribution in [0.25, 0.3) is 0 Å². The van der Waals surface area contributed by atoms with Gasteiger partial charge in [-0.1, -0.05) is 242 Å². The minimum Gasteiger partial charge on any atom is -0.462 e. The summed E-state index contributed by atoms with van der Waals surface area (Å²) in [5.41, 5.74) is 0. The van der Waals surface area contributed by atoms with Gasteiger partial charge in [0.15, 0.2) is 6.10 Å². The molecule has 400 valence electrons. The van der Waals surface area contributed by atoms with Crippen LogP contribution in [0.2, 0.25) is 0 Å². The maximum Gasteiger partial charge on any atom is 0.306 e. The van der Waals surface area contributed by atoms with Gasteiger partial charge in [0.1, 0.15) is 13.2 Å². The van der Waals surface area contributed by atoms with Crippen molar-refractivity contribution >= 4 is 17.9 Å². The summed E-state index contributed by atoms with van der Waals surface area (Å²) in [5.74, 6) is -0.891. The van der Waals surface area contributed by atoms with Crippen LogP contribution >= 0.6 is 0 Å². The van der Waals surface area contributed by atoms with E-state index in [1.807, 2.05) is 0 Å². The summed E-state index contributed by atoms with van der Waals surface area (Å²) in [6.45, 7) is 6.54. The molecule has 1 atom stereocenters. The molecule has 0 saturated carbocycles. The fourth-order valence-electron chi connectivity index (χ4n) is 8.51. The Morgan fingerprint density at radius 3 is 0.899 bits per heavy atom. The molecule has 0 bridgehead atoms. The standard InChI is InChI=1S/C63H112O6/c1-4-7-10-13-16-19-22-25-28-31-32-33-36-38-41-44-47-50-53-56-62(65)68-59-60(69-63(66)57-54-51-48-45-42-39-35-30-27-24-21-18-15-12-9-6-3)58-67-61(64)55-52-49-46-43-40-37-34-29-26-23-20-17-14-11-8-5-2/h7,10,16,19,25,28-30,34-35,60H,4-6,8-9,11-15,17-18,20-24,26-27,31-33,36-59H2,1-3H3/b10-7-,19-16-,28-25-,34-29-,35-30-. The lowest BCUT2D eigenvalue weighted by molar-refractivity contribution is -0.167. The zero-order valence-corrected chi connectivity index (χ0v) is 45.8. The van der Waals surface area contributed by atoms with Gasteiger partial charge in [0.25, 0.3) is 0 Å². The van der Waals surface area contributed by atoms with E-state index in [1.54, 1.807) is 0 Å². The fraction of sp³-hybridized carbons (Fsp3) is 0.794. The van der Waals surface area contributed by atoms with E-state index < -0.39 is 6.10 Å². The number of esters is 3. The van der Waals surface area contributed by atoms with Crippen LogP contribution in [-0.4, -0.2) is 37.2 Å². The normalized spacial score (nSPS) is 12.4. The topological polar surface area (TPSA) is 78.9 Å². The summed E-state index contributed by atoms with van der Waals surface area (Å²) in [6, 6.07) is 0. The second-order valence-corrected chi connectivity index (χ2v) is 19.9. The van der Waals surface area contributed by atoms with Gasteiger partial charge in [0, 0.05) is 19.3 Å². The summed E-state index contributed by atoms with van der Waals surface area (Å²) in [7, 11) is 0. The molecule has 0 spiro atoms. The van der Waals surface area contributed by atoms with Crippen molar-refractivity contribution in [3.63, 3.8) is 0 Å². The lowest BCUT2D eigenvalue weighted by Gasteiger charge is -2.18. The monoisotopic (exact) mass is 965 g/mol. The molecule has 69 heavy (non-hydrogen) atoms. The predicted molar refractivity (Wildman–Crippen MR) is 298 cm³/mol. The number of carbonyl (C=O) groups is 3. The molecule has 0 fully saturated rings. The Balaban J connectivity index is 4.38. The molecule has 0 amide bonds. The van der Waals surface area contributed by atoms with Crippen LogP contribution in [-0.2, 0) is 28.6 Å². The van der Waals surface area contributed by atoms with Gasteiger partial charge in [-0.2, -0.15) is 0 Å². The van der Waals surface area contributed by atoms with Crippen LogP contribution in [0.1, 0.15) is 303 Å². The summed E-state index contributed by atoms with van der Waals surface area (Å²) < 4.78 is 16.9. The molecule has 0 saturated heterocycles. The largest absolute Gasteiger partial charge is 0.462 e. The van der Waals surface area contributed by atoms with Crippen LogP contribution < -0.4 is 0 Å². The molecule has 0 aliphatic carbocycles. The van der Waals surface area contributed by atoms with Crippen molar-refractivity contribution in [3.8, 4) is 0 Å². The molecular weight excluding hydrogens is 853 g/mol. The number of unbranched alkanes of at least 4 members (excludes halogenated alkanes) is 33. The first kappa shape index (κ1) is 66.1. The minimum absolute atomic E-state index is 0.0817.